The van der Waals surface area contributed by atoms with E-state index in [2.05, 4.69) is 6.07 Å². The van der Waals surface area contributed by atoms with E-state index >= 15 is 0 Å². The minimum absolute atomic E-state index is 0.0384. The molecule has 0 bridgehead atoms. The summed E-state index contributed by atoms with van der Waals surface area (Å²) in [5.41, 5.74) is 0. The Hall–Kier alpha value is -1.54. The number of methoxy groups -OCH3 is 1. The summed E-state index contributed by atoms with van der Waals surface area (Å²) in [5, 5.41) is 10.4. The van der Waals surface area contributed by atoms with Crippen molar-refractivity contribution in [2.24, 2.45) is 0 Å². The van der Waals surface area contributed by atoms with Crippen LogP contribution in [0.3, 0.4) is 0 Å². The number of thiophene rings is 1. The average molecular weight is 252 g/mol. The maximum atomic E-state index is 12.2. The van der Waals surface area contributed by atoms with Gasteiger partial charge in [-0.1, -0.05) is 0 Å². The van der Waals surface area contributed by atoms with Gasteiger partial charge in [0.2, 0.25) is 0 Å². The van der Waals surface area contributed by atoms with Gasteiger partial charge < -0.3 is 9.64 Å². The van der Waals surface area contributed by atoms with Crippen molar-refractivity contribution in [3.05, 3.63) is 16.3 Å². The number of amides is 1. The Balaban J connectivity index is 2.80. The molecule has 1 aromatic heterocycles. The molecule has 0 saturated carbocycles. The number of ether oxygens (including phenoxy) is 1. The number of nitrogens with zero attached hydrogens (tertiary/aromatic N) is 2. The first kappa shape index (κ1) is 13.5. The zero-order chi connectivity index (χ0) is 12.8. The van der Waals surface area contributed by atoms with Gasteiger partial charge in [-0.2, -0.15) is 5.26 Å². The molecule has 4 nitrogen and oxygen atoms in total. The lowest BCUT2D eigenvalue weighted by Crippen LogP contribution is -2.37. The fourth-order valence-electron chi connectivity index (χ4n) is 1.44. The highest BCUT2D eigenvalue weighted by Crippen LogP contribution is 2.23. The molecule has 0 radical (unpaired) electrons. The maximum absolute atomic E-state index is 12.2. The van der Waals surface area contributed by atoms with Crippen LogP contribution in [0.1, 0.15) is 29.9 Å². The number of hydrogen-bond acceptors (Lipinski definition) is 4. The lowest BCUT2D eigenvalue weighted by Gasteiger charge is -2.25. The third-order valence-electron chi connectivity index (χ3n) is 2.37. The van der Waals surface area contributed by atoms with Gasteiger partial charge in [-0.25, -0.2) is 0 Å². The lowest BCUT2D eigenvalue weighted by atomic mass is 10.2. The van der Waals surface area contributed by atoms with Crippen molar-refractivity contribution in [2.75, 3.05) is 13.7 Å². The van der Waals surface area contributed by atoms with Crippen LogP contribution >= 0.6 is 11.3 Å². The Kier molecular flexibility index (Phi) is 4.98. The second-order valence-electron chi connectivity index (χ2n) is 3.85. The van der Waals surface area contributed by atoms with Crippen LogP contribution in [0.25, 0.3) is 0 Å². The second kappa shape index (κ2) is 6.26. The third kappa shape index (κ3) is 3.46. The summed E-state index contributed by atoms with van der Waals surface area (Å²) in [6, 6.07) is 3.88. The predicted molar refractivity (Wildman–Crippen MR) is 67.3 cm³/mol. The molecule has 1 amide bonds. The molecule has 0 aromatic carbocycles. The third-order valence-corrected chi connectivity index (χ3v) is 3.27. The molecule has 1 aromatic rings. The topological polar surface area (TPSA) is 53.3 Å². The summed E-state index contributed by atoms with van der Waals surface area (Å²) in [4.78, 5) is 14.5. The molecule has 5 heteroatoms. The molecule has 0 fully saturated rings. The Morgan fingerprint density at radius 2 is 2.35 bits per heavy atom. The van der Waals surface area contributed by atoms with Crippen LogP contribution in [-0.2, 0) is 0 Å². The first-order valence-electron chi connectivity index (χ1n) is 5.40. The van der Waals surface area contributed by atoms with Crippen LogP contribution < -0.4 is 4.74 Å². The summed E-state index contributed by atoms with van der Waals surface area (Å²) in [6.07, 6.45) is 0.354. The quantitative estimate of drug-likeness (QED) is 0.809. The molecule has 1 rings (SSSR count). The summed E-state index contributed by atoms with van der Waals surface area (Å²) in [6.45, 7) is 4.35. The van der Waals surface area contributed by atoms with Gasteiger partial charge >= 0.3 is 0 Å². The van der Waals surface area contributed by atoms with Crippen molar-refractivity contribution < 1.29 is 9.53 Å². The average Bonchev–Trinajstić information content (AvgIpc) is 2.77. The van der Waals surface area contributed by atoms with Crippen molar-refractivity contribution in [2.45, 2.75) is 26.3 Å². The minimum atomic E-state index is -0.0384. The molecule has 1 heterocycles. The van der Waals surface area contributed by atoms with E-state index in [4.69, 9.17) is 10.00 Å². The van der Waals surface area contributed by atoms with Crippen molar-refractivity contribution in [3.8, 4) is 11.8 Å². The Morgan fingerprint density at radius 3 is 2.82 bits per heavy atom. The molecule has 0 aliphatic carbocycles. The van der Waals surface area contributed by atoms with Crippen LogP contribution in [0, 0.1) is 11.3 Å². The number of carbonyl (C=O) groups is 1. The standard InChI is InChI=1S/C12H16N2O2S/c1-9(2)14(6-4-5-13)12(15)11-7-10(16-3)8-17-11/h7-9H,4,6H2,1-3H3. The van der Waals surface area contributed by atoms with Gasteiger partial charge in [-0.15, -0.1) is 11.3 Å². The monoisotopic (exact) mass is 252 g/mol. The van der Waals surface area contributed by atoms with E-state index in [0.29, 0.717) is 23.6 Å². The number of carbonyl (C=O) groups excluding carboxylic acids is 1. The Labute approximate surface area is 105 Å². The zero-order valence-electron chi connectivity index (χ0n) is 10.3. The highest BCUT2D eigenvalue weighted by Gasteiger charge is 2.20. The van der Waals surface area contributed by atoms with E-state index in [0.717, 1.165) is 0 Å². The van der Waals surface area contributed by atoms with Crippen molar-refractivity contribution in [1.82, 2.24) is 4.90 Å². The van der Waals surface area contributed by atoms with Gasteiger partial charge in [0.15, 0.2) is 0 Å². The van der Waals surface area contributed by atoms with Gasteiger partial charge in [0.1, 0.15) is 5.75 Å². The summed E-state index contributed by atoms with van der Waals surface area (Å²) < 4.78 is 5.05. The first-order chi connectivity index (χ1) is 8.10. The van der Waals surface area contributed by atoms with E-state index in [9.17, 15) is 4.79 Å². The molecule has 0 atom stereocenters. The summed E-state index contributed by atoms with van der Waals surface area (Å²) >= 11 is 1.36. The largest absolute Gasteiger partial charge is 0.496 e. The Morgan fingerprint density at radius 1 is 1.65 bits per heavy atom. The normalized spacial score (nSPS) is 10.1. The summed E-state index contributed by atoms with van der Waals surface area (Å²) in [7, 11) is 1.58. The van der Waals surface area contributed by atoms with Crippen LogP contribution in [0.4, 0.5) is 0 Å². The SMILES string of the molecule is COc1csc(C(=O)N(CCC#N)C(C)C)c1. The minimum Gasteiger partial charge on any atom is -0.496 e. The highest BCUT2D eigenvalue weighted by atomic mass is 32.1. The van der Waals surface area contributed by atoms with Crippen LogP contribution in [0.15, 0.2) is 11.4 Å². The predicted octanol–water partition coefficient (Wildman–Crippen LogP) is 2.52. The van der Waals surface area contributed by atoms with Gasteiger partial charge in [0.05, 0.1) is 24.5 Å². The van der Waals surface area contributed by atoms with Crippen LogP contribution in [0.5, 0.6) is 5.75 Å². The number of hydrogen-bond donors (Lipinski definition) is 0. The second-order valence-corrected chi connectivity index (χ2v) is 4.76. The van der Waals surface area contributed by atoms with Gasteiger partial charge in [0.25, 0.3) is 5.91 Å². The van der Waals surface area contributed by atoms with Gasteiger partial charge in [0, 0.05) is 24.0 Å². The van der Waals surface area contributed by atoms with E-state index < -0.39 is 0 Å². The highest BCUT2D eigenvalue weighted by molar-refractivity contribution is 7.12. The Bertz CT molecular complexity index is 420. The molecular formula is C12H16N2O2S. The van der Waals surface area contributed by atoms with E-state index in [-0.39, 0.29) is 11.9 Å². The fraction of sp³-hybridized carbons (Fsp3) is 0.500. The maximum Gasteiger partial charge on any atom is 0.264 e. The fourth-order valence-corrected chi connectivity index (χ4v) is 2.25. The molecule has 0 aliphatic rings. The van der Waals surface area contributed by atoms with Gasteiger partial charge in [-0.3, -0.25) is 4.79 Å². The number of rotatable bonds is 5. The van der Waals surface area contributed by atoms with E-state index in [1.807, 2.05) is 13.8 Å². The van der Waals surface area contributed by atoms with Crippen LogP contribution in [-0.4, -0.2) is 30.5 Å². The molecule has 0 saturated heterocycles. The molecule has 0 N–H and O–H groups in total. The van der Waals surface area contributed by atoms with E-state index in [1.165, 1.54) is 11.3 Å². The smallest absolute Gasteiger partial charge is 0.264 e. The summed E-state index contributed by atoms with van der Waals surface area (Å²) in [5.74, 6) is 0.658. The van der Waals surface area contributed by atoms with Crippen molar-refractivity contribution >= 4 is 17.2 Å². The molecule has 0 unspecified atom stereocenters. The first-order valence-corrected chi connectivity index (χ1v) is 6.28. The molecular weight excluding hydrogens is 236 g/mol. The van der Waals surface area contributed by atoms with Crippen molar-refractivity contribution in [1.29, 1.82) is 5.26 Å². The number of nitriles is 1. The molecule has 17 heavy (non-hydrogen) atoms. The molecule has 92 valence electrons. The lowest BCUT2D eigenvalue weighted by molar-refractivity contribution is 0.0715. The van der Waals surface area contributed by atoms with Crippen LogP contribution in [0.2, 0.25) is 0 Å². The molecule has 0 aliphatic heterocycles. The zero-order valence-corrected chi connectivity index (χ0v) is 11.1. The van der Waals surface area contributed by atoms with Gasteiger partial charge in [-0.05, 0) is 13.8 Å². The van der Waals surface area contributed by atoms with Crippen molar-refractivity contribution in [3.63, 3.8) is 0 Å². The van der Waals surface area contributed by atoms with E-state index in [1.54, 1.807) is 23.5 Å². The molecule has 0 spiro atoms.